The van der Waals surface area contributed by atoms with Gasteiger partial charge in [-0.25, -0.2) is 14.0 Å². The number of carbonyl (C=O) groups is 1. The largest absolute Gasteiger partial charge is 0.465 e. The van der Waals surface area contributed by atoms with Crippen LogP contribution < -0.4 is 0 Å². The van der Waals surface area contributed by atoms with E-state index in [1.54, 1.807) is 37.4 Å². The third-order valence-electron chi connectivity index (χ3n) is 5.62. The van der Waals surface area contributed by atoms with Crippen molar-refractivity contribution in [3.8, 4) is 11.1 Å². The molecule has 0 atom stereocenters. The Morgan fingerprint density at radius 1 is 1.29 bits per heavy atom. The van der Waals surface area contributed by atoms with Gasteiger partial charge in [-0.3, -0.25) is 4.55 Å². The van der Waals surface area contributed by atoms with Gasteiger partial charge < -0.3 is 9.72 Å². The second-order valence-electron chi connectivity index (χ2n) is 7.86. The van der Waals surface area contributed by atoms with Crippen LogP contribution in [0.5, 0.6) is 0 Å². The van der Waals surface area contributed by atoms with E-state index < -0.39 is 15.3 Å². The molecule has 162 valence electrons. The van der Waals surface area contributed by atoms with E-state index in [1.807, 2.05) is 19.1 Å². The van der Waals surface area contributed by atoms with Gasteiger partial charge >= 0.3 is 5.97 Å². The number of hydrogen-bond donors (Lipinski definition) is 2. The summed E-state index contributed by atoms with van der Waals surface area (Å²) in [5.41, 5.74) is 3.72. The van der Waals surface area contributed by atoms with Crippen molar-refractivity contribution < 1.29 is 18.3 Å². The maximum atomic E-state index is 13.2. The highest BCUT2D eigenvalue weighted by atomic mass is 35.5. The van der Waals surface area contributed by atoms with Crippen LogP contribution in [0.3, 0.4) is 0 Å². The van der Waals surface area contributed by atoms with Crippen LogP contribution in [0, 0.1) is 6.92 Å². The highest BCUT2D eigenvalue weighted by Crippen LogP contribution is 2.43. The number of esters is 1. The summed E-state index contributed by atoms with van der Waals surface area (Å²) >= 11 is 6.76. The van der Waals surface area contributed by atoms with Crippen LogP contribution in [0.4, 0.5) is 0 Å². The van der Waals surface area contributed by atoms with Crippen molar-refractivity contribution in [3.63, 3.8) is 0 Å². The topological polar surface area (TPSA) is 92.3 Å². The fraction of sp³-hybridized carbons (Fsp3) is 0.217. The lowest BCUT2D eigenvalue weighted by molar-refractivity contribution is 0.0601. The van der Waals surface area contributed by atoms with Crippen molar-refractivity contribution in [3.05, 3.63) is 58.7 Å². The predicted molar refractivity (Wildman–Crippen MR) is 126 cm³/mol. The molecular weight excluding hydrogens is 436 g/mol. The summed E-state index contributed by atoms with van der Waals surface area (Å²) in [5, 5.41) is 1.85. The van der Waals surface area contributed by atoms with Gasteiger partial charge in [0.25, 0.3) is 0 Å². The highest BCUT2D eigenvalue weighted by molar-refractivity contribution is 8.14. The molecule has 2 aromatic carbocycles. The van der Waals surface area contributed by atoms with E-state index in [1.165, 1.54) is 13.4 Å². The Kier molecular flexibility index (Phi) is 4.96. The zero-order chi connectivity index (χ0) is 22.6. The number of carbonyl (C=O) groups excluding carboxylic acids is 1. The minimum absolute atomic E-state index is 0.0855. The van der Waals surface area contributed by atoms with E-state index in [4.69, 9.17) is 16.3 Å². The van der Waals surface area contributed by atoms with Gasteiger partial charge in [0.1, 0.15) is 5.65 Å². The van der Waals surface area contributed by atoms with Gasteiger partial charge in [-0.2, -0.15) is 9.35 Å². The first kappa shape index (κ1) is 21.5. The van der Waals surface area contributed by atoms with E-state index in [2.05, 4.69) is 9.97 Å². The van der Waals surface area contributed by atoms with Gasteiger partial charge in [-0.1, -0.05) is 23.7 Å². The number of halogens is 1. The maximum absolute atomic E-state index is 13.2. The standard InChI is InChI=1S/C23H23ClN2O4S/c1-5-31(4,28,29)15-8-6-7-14(10-15)19-20-16-9-13(2)12-25-22(16)26-18(20)11-17(21(19)24)23(27)30-3/h6-12H,5H2,1-4H3,(H,25,26)(H,28,29). The minimum Gasteiger partial charge on any atom is -0.465 e. The average molecular weight is 459 g/mol. The van der Waals surface area contributed by atoms with Crippen molar-refractivity contribution in [2.75, 3.05) is 19.1 Å². The number of hydrogen-bond acceptors (Lipinski definition) is 4. The molecule has 0 saturated heterocycles. The maximum Gasteiger partial charge on any atom is 0.339 e. The zero-order valence-electron chi connectivity index (χ0n) is 17.7. The molecule has 0 unspecified atom stereocenters. The summed E-state index contributed by atoms with van der Waals surface area (Å²) < 4.78 is 28.9. The number of aryl methyl sites for hydroxylation is 1. The lowest BCUT2D eigenvalue weighted by Gasteiger charge is -2.38. The molecule has 2 N–H and O–H groups in total. The number of benzene rings is 2. The Hall–Kier alpha value is -2.74. The Labute approximate surface area is 184 Å². The van der Waals surface area contributed by atoms with Crippen LogP contribution in [-0.2, 0) is 14.1 Å². The van der Waals surface area contributed by atoms with Crippen molar-refractivity contribution in [1.82, 2.24) is 9.97 Å². The molecular formula is C23H23ClN2O4S. The first-order valence-electron chi connectivity index (χ1n) is 9.71. The second-order valence-corrected chi connectivity index (χ2v) is 12.3. The summed E-state index contributed by atoms with van der Waals surface area (Å²) in [6.07, 6.45) is 3.11. The number of ether oxygens (including phenoxy) is 1. The summed E-state index contributed by atoms with van der Waals surface area (Å²) in [7, 11) is -2.71. The van der Waals surface area contributed by atoms with Crippen molar-refractivity contribution in [2.45, 2.75) is 18.7 Å². The van der Waals surface area contributed by atoms with E-state index in [0.29, 0.717) is 27.2 Å². The van der Waals surface area contributed by atoms with Crippen LogP contribution in [0.2, 0.25) is 5.02 Å². The fourth-order valence-electron chi connectivity index (χ4n) is 3.70. The minimum atomic E-state index is -4.00. The molecule has 0 bridgehead atoms. The van der Waals surface area contributed by atoms with Crippen LogP contribution >= 0.6 is 11.6 Å². The van der Waals surface area contributed by atoms with Gasteiger partial charge in [0.05, 0.1) is 22.6 Å². The van der Waals surface area contributed by atoms with Gasteiger partial charge in [0, 0.05) is 40.1 Å². The Morgan fingerprint density at radius 2 is 2.03 bits per heavy atom. The third kappa shape index (κ3) is 3.52. The second kappa shape index (κ2) is 7.15. The van der Waals surface area contributed by atoms with E-state index >= 15 is 0 Å². The molecule has 0 fully saturated rings. The van der Waals surface area contributed by atoms with Crippen LogP contribution in [0.1, 0.15) is 22.8 Å². The molecule has 8 heteroatoms. The normalized spacial score (nSPS) is 13.3. The number of aromatic amines is 1. The number of pyridine rings is 1. The molecule has 31 heavy (non-hydrogen) atoms. The smallest absolute Gasteiger partial charge is 0.339 e. The van der Waals surface area contributed by atoms with Crippen molar-refractivity contribution >= 4 is 48.9 Å². The van der Waals surface area contributed by atoms with Gasteiger partial charge in [-0.15, -0.1) is 0 Å². The number of nitrogens with zero attached hydrogens (tertiary/aromatic N) is 1. The number of H-pyrrole nitrogens is 1. The van der Waals surface area contributed by atoms with Crippen LogP contribution in [0.15, 0.2) is 47.5 Å². The first-order chi connectivity index (χ1) is 14.5. The molecule has 0 amide bonds. The molecule has 0 aliphatic rings. The SMILES string of the molecule is CCS(C)(=O)(O)c1cccc(-c2c(Cl)c(C(=O)OC)cc3[nH]c4ncc(C)cc4c23)c1. The molecule has 0 spiro atoms. The molecule has 6 nitrogen and oxygen atoms in total. The predicted octanol–water partition coefficient (Wildman–Crippen LogP) is 5.43. The quantitative estimate of drug-likeness (QED) is 0.397. The van der Waals surface area contributed by atoms with Crippen LogP contribution in [-0.4, -0.2) is 43.8 Å². The molecule has 0 aliphatic heterocycles. The summed E-state index contributed by atoms with van der Waals surface area (Å²) in [5.74, 6) is -0.484. The van der Waals surface area contributed by atoms with Crippen LogP contribution in [0.25, 0.3) is 33.1 Å². The molecule has 4 aromatic rings. The molecule has 2 heterocycles. The Morgan fingerprint density at radius 3 is 2.71 bits per heavy atom. The lowest BCUT2D eigenvalue weighted by Crippen LogP contribution is -2.33. The fourth-order valence-corrected chi connectivity index (χ4v) is 5.22. The lowest BCUT2D eigenvalue weighted by atomic mass is 9.96. The summed E-state index contributed by atoms with van der Waals surface area (Å²) in [6.45, 7) is 3.62. The number of rotatable bonds is 4. The number of nitrogens with one attached hydrogen (secondary N) is 1. The number of aromatic nitrogens is 2. The van der Waals surface area contributed by atoms with E-state index in [9.17, 15) is 13.6 Å². The molecule has 0 aliphatic carbocycles. The molecule has 0 saturated carbocycles. The van der Waals surface area contributed by atoms with Crippen molar-refractivity contribution in [2.24, 2.45) is 0 Å². The van der Waals surface area contributed by atoms with Gasteiger partial charge in [-0.05, 0) is 49.2 Å². The van der Waals surface area contributed by atoms with E-state index in [-0.39, 0.29) is 16.3 Å². The number of methoxy groups -OCH3 is 1. The van der Waals surface area contributed by atoms with Gasteiger partial charge in [0.15, 0.2) is 0 Å². The Bertz CT molecular complexity index is 1430. The number of fused-ring (bicyclic) bond motifs is 3. The summed E-state index contributed by atoms with van der Waals surface area (Å²) in [4.78, 5) is 20.5. The summed E-state index contributed by atoms with van der Waals surface area (Å²) in [6, 6.07) is 10.5. The van der Waals surface area contributed by atoms with Crippen molar-refractivity contribution in [1.29, 1.82) is 0 Å². The Balaban J connectivity index is 2.15. The van der Waals surface area contributed by atoms with Gasteiger partial charge in [0.2, 0.25) is 0 Å². The molecule has 2 aromatic heterocycles. The third-order valence-corrected chi connectivity index (χ3v) is 8.84. The zero-order valence-corrected chi connectivity index (χ0v) is 19.2. The molecule has 0 radical (unpaired) electrons. The first-order valence-corrected chi connectivity index (χ1v) is 12.6. The highest BCUT2D eigenvalue weighted by Gasteiger charge is 2.25. The molecule has 4 rings (SSSR count). The van der Waals surface area contributed by atoms with E-state index in [0.717, 1.165) is 16.3 Å². The average Bonchev–Trinajstić information content (AvgIpc) is 3.10. The monoisotopic (exact) mass is 458 g/mol.